The molecule has 0 amide bonds. The Balaban J connectivity index is 1.77. The predicted octanol–water partition coefficient (Wildman–Crippen LogP) is 5.18. The van der Waals surface area contributed by atoms with Crippen molar-refractivity contribution in [3.05, 3.63) is 86.5 Å². The first kappa shape index (κ1) is 21.3. The minimum Gasteiger partial charge on any atom is -0.490 e. The molecule has 1 N–H and O–H groups in total. The molecule has 9 heteroatoms. The third kappa shape index (κ3) is 5.54. The summed E-state index contributed by atoms with van der Waals surface area (Å²) in [5.74, 6) is 1.21. The first-order chi connectivity index (χ1) is 14.6. The minimum atomic E-state index is -0.520. The molecule has 3 rings (SSSR count). The normalized spacial score (nSPS) is 10.7. The summed E-state index contributed by atoms with van der Waals surface area (Å²) in [6.07, 6.45) is 2.97. The molecule has 0 bridgehead atoms. The van der Waals surface area contributed by atoms with Crippen LogP contribution in [0.5, 0.6) is 11.5 Å². The summed E-state index contributed by atoms with van der Waals surface area (Å²) in [5, 5.41) is 15.1. The summed E-state index contributed by atoms with van der Waals surface area (Å²) in [4.78, 5) is 14.5. The van der Waals surface area contributed by atoms with Gasteiger partial charge in [-0.3, -0.25) is 15.5 Å². The van der Waals surface area contributed by atoms with Crippen LogP contribution in [-0.4, -0.2) is 22.7 Å². The van der Waals surface area contributed by atoms with E-state index in [9.17, 15) is 10.1 Å². The Morgan fingerprint density at radius 2 is 2.00 bits per heavy atom. The van der Waals surface area contributed by atoms with Gasteiger partial charge in [0, 0.05) is 12.3 Å². The molecule has 0 aliphatic carbocycles. The van der Waals surface area contributed by atoms with E-state index in [2.05, 4.69) is 31.4 Å². The number of pyridine rings is 1. The van der Waals surface area contributed by atoms with Crippen LogP contribution in [0.3, 0.4) is 0 Å². The average Bonchev–Trinajstić information content (AvgIpc) is 2.74. The molecular weight excluding hydrogens is 452 g/mol. The van der Waals surface area contributed by atoms with E-state index < -0.39 is 4.92 Å². The van der Waals surface area contributed by atoms with Gasteiger partial charge in [0.2, 0.25) is 5.82 Å². The monoisotopic (exact) mass is 470 g/mol. The van der Waals surface area contributed by atoms with Crippen LogP contribution in [0.25, 0.3) is 0 Å². The second kappa shape index (κ2) is 10.4. The van der Waals surface area contributed by atoms with Gasteiger partial charge >= 0.3 is 5.69 Å². The summed E-state index contributed by atoms with van der Waals surface area (Å²) in [5.41, 5.74) is 4.20. The van der Waals surface area contributed by atoms with E-state index in [1.807, 2.05) is 43.3 Å². The van der Waals surface area contributed by atoms with Crippen molar-refractivity contribution in [2.24, 2.45) is 5.10 Å². The third-order valence-corrected chi connectivity index (χ3v) is 4.51. The standard InChI is InChI=1S/C21H19BrN4O4/c1-2-29-19-12-16(13-24-25-21-18(26(27)28)9-6-10-23-21)11-17(22)20(19)30-14-15-7-4-3-5-8-15/h3-13H,2,14H2,1H3,(H,23,25)/b24-13-. The number of aromatic nitrogens is 1. The Bertz CT molecular complexity index is 1040. The zero-order valence-electron chi connectivity index (χ0n) is 16.1. The summed E-state index contributed by atoms with van der Waals surface area (Å²) >= 11 is 3.52. The Morgan fingerprint density at radius 3 is 2.73 bits per heavy atom. The van der Waals surface area contributed by atoms with Crippen molar-refractivity contribution >= 4 is 33.6 Å². The number of halogens is 1. The summed E-state index contributed by atoms with van der Waals surface area (Å²) < 4.78 is 12.4. The molecule has 0 fully saturated rings. The lowest BCUT2D eigenvalue weighted by atomic mass is 10.2. The van der Waals surface area contributed by atoms with Gasteiger partial charge in [0.15, 0.2) is 11.5 Å². The predicted molar refractivity (Wildman–Crippen MR) is 118 cm³/mol. The van der Waals surface area contributed by atoms with Gasteiger partial charge in [-0.05, 0) is 52.2 Å². The highest BCUT2D eigenvalue weighted by Gasteiger charge is 2.14. The highest BCUT2D eigenvalue weighted by Crippen LogP contribution is 2.37. The van der Waals surface area contributed by atoms with Crippen LogP contribution in [0.15, 0.2) is 70.4 Å². The number of anilines is 1. The molecule has 154 valence electrons. The molecule has 0 saturated carbocycles. The molecule has 1 heterocycles. The Hall–Kier alpha value is -3.46. The van der Waals surface area contributed by atoms with Gasteiger partial charge in [0.1, 0.15) is 6.61 Å². The fourth-order valence-corrected chi connectivity index (χ4v) is 3.17. The van der Waals surface area contributed by atoms with Gasteiger partial charge < -0.3 is 9.47 Å². The number of nitro groups is 1. The number of rotatable bonds is 9. The van der Waals surface area contributed by atoms with Crippen LogP contribution in [0.2, 0.25) is 0 Å². The molecule has 1 aromatic heterocycles. The van der Waals surface area contributed by atoms with E-state index >= 15 is 0 Å². The lowest BCUT2D eigenvalue weighted by Gasteiger charge is -2.14. The first-order valence-corrected chi connectivity index (χ1v) is 9.89. The van der Waals surface area contributed by atoms with Crippen LogP contribution < -0.4 is 14.9 Å². The van der Waals surface area contributed by atoms with E-state index in [-0.39, 0.29) is 11.5 Å². The Labute approximate surface area is 181 Å². The number of benzene rings is 2. The number of nitrogens with zero attached hydrogens (tertiary/aromatic N) is 3. The van der Waals surface area contributed by atoms with Crippen molar-refractivity contribution in [1.29, 1.82) is 0 Å². The van der Waals surface area contributed by atoms with Crippen molar-refractivity contribution in [1.82, 2.24) is 4.98 Å². The number of ether oxygens (including phenoxy) is 2. The zero-order valence-corrected chi connectivity index (χ0v) is 17.7. The van der Waals surface area contributed by atoms with Crippen molar-refractivity contribution in [2.75, 3.05) is 12.0 Å². The second-order valence-corrected chi connectivity index (χ2v) is 6.89. The van der Waals surface area contributed by atoms with Crippen LogP contribution in [0.4, 0.5) is 11.5 Å². The van der Waals surface area contributed by atoms with E-state index in [0.717, 1.165) is 5.56 Å². The minimum absolute atomic E-state index is 0.0608. The fraction of sp³-hybridized carbons (Fsp3) is 0.143. The maximum absolute atomic E-state index is 11.1. The van der Waals surface area contributed by atoms with Gasteiger partial charge in [0.05, 0.1) is 22.2 Å². The molecule has 0 radical (unpaired) electrons. The highest BCUT2D eigenvalue weighted by molar-refractivity contribution is 9.10. The van der Waals surface area contributed by atoms with Gasteiger partial charge in [-0.2, -0.15) is 5.10 Å². The van der Waals surface area contributed by atoms with E-state index in [4.69, 9.17) is 9.47 Å². The first-order valence-electron chi connectivity index (χ1n) is 9.10. The maximum atomic E-state index is 11.1. The molecular formula is C21H19BrN4O4. The zero-order chi connectivity index (χ0) is 21.3. The number of hydrazone groups is 1. The van der Waals surface area contributed by atoms with Crippen molar-refractivity contribution < 1.29 is 14.4 Å². The van der Waals surface area contributed by atoms with E-state index in [0.29, 0.717) is 34.7 Å². The second-order valence-electron chi connectivity index (χ2n) is 6.04. The van der Waals surface area contributed by atoms with Crippen LogP contribution in [0.1, 0.15) is 18.1 Å². The quantitative estimate of drug-likeness (QED) is 0.263. The topological polar surface area (TPSA) is 98.9 Å². The van der Waals surface area contributed by atoms with E-state index in [1.54, 1.807) is 6.07 Å². The van der Waals surface area contributed by atoms with Crippen molar-refractivity contribution in [3.63, 3.8) is 0 Å². The van der Waals surface area contributed by atoms with Gasteiger partial charge in [-0.1, -0.05) is 30.3 Å². The highest BCUT2D eigenvalue weighted by atomic mass is 79.9. The van der Waals surface area contributed by atoms with Gasteiger partial charge in [-0.15, -0.1) is 0 Å². The summed E-state index contributed by atoms with van der Waals surface area (Å²) in [6.45, 7) is 2.75. The SMILES string of the molecule is CCOc1cc(/C=N\Nc2ncccc2[N+](=O)[O-])cc(Br)c1OCc1ccccc1. The molecule has 3 aromatic rings. The third-order valence-electron chi connectivity index (χ3n) is 3.92. The fourth-order valence-electron chi connectivity index (χ4n) is 2.59. The van der Waals surface area contributed by atoms with Crippen LogP contribution in [0, 0.1) is 10.1 Å². The lowest BCUT2D eigenvalue weighted by molar-refractivity contribution is -0.384. The summed E-state index contributed by atoms with van der Waals surface area (Å²) in [6, 6.07) is 16.3. The summed E-state index contributed by atoms with van der Waals surface area (Å²) in [7, 11) is 0. The smallest absolute Gasteiger partial charge is 0.313 e. The molecule has 0 unspecified atom stereocenters. The van der Waals surface area contributed by atoms with Crippen LogP contribution in [-0.2, 0) is 6.61 Å². The largest absolute Gasteiger partial charge is 0.490 e. The number of nitrogens with one attached hydrogen (secondary N) is 1. The average molecular weight is 471 g/mol. The van der Waals surface area contributed by atoms with E-state index in [1.165, 1.54) is 24.5 Å². The Morgan fingerprint density at radius 1 is 1.20 bits per heavy atom. The van der Waals surface area contributed by atoms with Gasteiger partial charge in [0.25, 0.3) is 0 Å². The molecule has 8 nitrogen and oxygen atoms in total. The van der Waals surface area contributed by atoms with Crippen molar-refractivity contribution in [3.8, 4) is 11.5 Å². The number of hydrogen-bond acceptors (Lipinski definition) is 7. The number of hydrogen-bond donors (Lipinski definition) is 1. The molecule has 0 aliphatic rings. The molecule has 0 aliphatic heterocycles. The lowest BCUT2D eigenvalue weighted by Crippen LogP contribution is -2.02. The van der Waals surface area contributed by atoms with Crippen LogP contribution >= 0.6 is 15.9 Å². The maximum Gasteiger partial charge on any atom is 0.313 e. The molecule has 0 atom stereocenters. The molecule has 0 spiro atoms. The van der Waals surface area contributed by atoms with Gasteiger partial charge in [-0.25, -0.2) is 4.98 Å². The molecule has 0 saturated heterocycles. The van der Waals surface area contributed by atoms with Crippen molar-refractivity contribution in [2.45, 2.75) is 13.5 Å². The Kier molecular flexibility index (Phi) is 7.34. The molecule has 30 heavy (non-hydrogen) atoms. The molecule has 2 aromatic carbocycles.